The van der Waals surface area contributed by atoms with Crippen LogP contribution in [0.3, 0.4) is 0 Å². The van der Waals surface area contributed by atoms with Crippen molar-refractivity contribution in [1.29, 1.82) is 0 Å². The molecule has 3 N–H and O–H groups in total. The van der Waals surface area contributed by atoms with Gasteiger partial charge < -0.3 is 20.1 Å². The Hall–Kier alpha value is -0.490. The first-order chi connectivity index (χ1) is 5.54. The van der Waals surface area contributed by atoms with E-state index in [9.17, 15) is 15.0 Å². The summed E-state index contributed by atoms with van der Waals surface area (Å²) < 4.78 is 4.95. The van der Waals surface area contributed by atoms with Crippen LogP contribution in [-0.4, -0.2) is 51.6 Å². The van der Waals surface area contributed by atoms with Gasteiger partial charge in [-0.2, -0.15) is 0 Å². The molecule has 1 saturated carbocycles. The number of rotatable bonds is 0. The second kappa shape index (κ2) is 2.26. The zero-order chi connectivity index (χ0) is 8.93. The minimum Gasteiger partial charge on any atom is -0.387 e. The molecule has 2 bridgehead atoms. The number of aliphatic hydroxyl groups is 3. The normalized spacial score (nSPS) is 52.9. The third kappa shape index (κ3) is 0.847. The number of ether oxygens (including phenoxy) is 1. The number of fused-ring (bicyclic) bond motifs is 2. The van der Waals surface area contributed by atoms with Gasteiger partial charge in [0.1, 0.15) is 12.2 Å². The first-order valence-electron chi connectivity index (χ1n) is 3.79. The number of Topliss-reactive ketones (excluding diaryl/α,β-unsaturated/α-hetero) is 1. The van der Waals surface area contributed by atoms with Crippen molar-refractivity contribution in [1.82, 2.24) is 0 Å². The van der Waals surface area contributed by atoms with Crippen LogP contribution in [0.25, 0.3) is 0 Å². The van der Waals surface area contributed by atoms with Crippen molar-refractivity contribution in [2.75, 3.05) is 6.61 Å². The van der Waals surface area contributed by atoms with Crippen LogP contribution in [-0.2, 0) is 9.53 Å². The summed E-state index contributed by atoms with van der Waals surface area (Å²) in [5.74, 6) is -0.733. The van der Waals surface area contributed by atoms with E-state index in [2.05, 4.69) is 0 Å². The molecule has 1 aliphatic carbocycles. The third-order valence-corrected chi connectivity index (χ3v) is 2.51. The molecule has 68 valence electrons. The fraction of sp³-hybridized carbons (Fsp3) is 0.857. The monoisotopic (exact) mass is 174 g/mol. The Morgan fingerprint density at radius 3 is 2.83 bits per heavy atom. The lowest BCUT2D eigenvalue weighted by Gasteiger charge is -2.30. The maximum absolute atomic E-state index is 11.2. The van der Waals surface area contributed by atoms with Crippen molar-refractivity contribution in [3.8, 4) is 0 Å². The SMILES string of the molecule is O=C1C(O)C(O)C2CC1(O)CO2. The quantitative estimate of drug-likeness (QED) is 0.388. The van der Waals surface area contributed by atoms with Crippen LogP contribution in [0.15, 0.2) is 0 Å². The molecule has 5 nitrogen and oxygen atoms in total. The Morgan fingerprint density at radius 2 is 2.17 bits per heavy atom. The molecule has 0 amide bonds. The number of carbonyl (C=O) groups is 1. The van der Waals surface area contributed by atoms with Crippen molar-refractivity contribution < 1.29 is 24.9 Å². The molecule has 0 spiro atoms. The third-order valence-electron chi connectivity index (χ3n) is 2.51. The zero-order valence-corrected chi connectivity index (χ0v) is 6.30. The smallest absolute Gasteiger partial charge is 0.197 e. The van der Waals surface area contributed by atoms with Crippen molar-refractivity contribution in [2.24, 2.45) is 0 Å². The molecule has 2 rings (SSSR count). The van der Waals surface area contributed by atoms with E-state index >= 15 is 0 Å². The summed E-state index contributed by atoms with van der Waals surface area (Å²) in [5.41, 5.74) is -1.57. The Morgan fingerprint density at radius 1 is 1.50 bits per heavy atom. The lowest BCUT2D eigenvalue weighted by molar-refractivity contribution is -0.157. The van der Waals surface area contributed by atoms with Gasteiger partial charge in [-0.3, -0.25) is 4.79 Å². The molecule has 12 heavy (non-hydrogen) atoms. The summed E-state index contributed by atoms with van der Waals surface area (Å²) in [5, 5.41) is 27.9. The van der Waals surface area contributed by atoms with Gasteiger partial charge in [0, 0.05) is 6.42 Å². The van der Waals surface area contributed by atoms with Crippen LogP contribution in [0.4, 0.5) is 0 Å². The van der Waals surface area contributed by atoms with Crippen LogP contribution in [0.5, 0.6) is 0 Å². The minimum atomic E-state index is -1.57. The van der Waals surface area contributed by atoms with Gasteiger partial charge in [0.25, 0.3) is 0 Å². The lowest BCUT2D eigenvalue weighted by atomic mass is 9.81. The highest BCUT2D eigenvalue weighted by Crippen LogP contribution is 2.34. The van der Waals surface area contributed by atoms with E-state index in [1.807, 2.05) is 0 Å². The van der Waals surface area contributed by atoms with Gasteiger partial charge in [0.05, 0.1) is 12.7 Å². The van der Waals surface area contributed by atoms with E-state index in [-0.39, 0.29) is 13.0 Å². The van der Waals surface area contributed by atoms with Gasteiger partial charge in [0.2, 0.25) is 0 Å². The van der Waals surface area contributed by atoms with Gasteiger partial charge in [-0.15, -0.1) is 0 Å². The predicted molar refractivity (Wildman–Crippen MR) is 36.3 cm³/mol. The van der Waals surface area contributed by atoms with E-state index in [4.69, 9.17) is 9.84 Å². The van der Waals surface area contributed by atoms with Gasteiger partial charge in [0.15, 0.2) is 11.4 Å². The molecule has 2 aliphatic rings. The summed E-state index contributed by atoms with van der Waals surface area (Å²) in [6, 6.07) is 0. The summed E-state index contributed by atoms with van der Waals surface area (Å²) in [4.78, 5) is 11.2. The van der Waals surface area contributed by atoms with Gasteiger partial charge in [-0.1, -0.05) is 0 Å². The standard InChI is InChI=1S/C7H10O5/c8-4-3-1-7(11,2-12-3)6(10)5(4)9/h3-5,8-9,11H,1-2H2. The number of ketones is 1. The van der Waals surface area contributed by atoms with E-state index in [1.165, 1.54) is 0 Å². The van der Waals surface area contributed by atoms with E-state index < -0.39 is 29.7 Å². The van der Waals surface area contributed by atoms with Crippen LogP contribution in [0, 0.1) is 0 Å². The van der Waals surface area contributed by atoms with Gasteiger partial charge >= 0.3 is 0 Å². The van der Waals surface area contributed by atoms with Crippen LogP contribution >= 0.6 is 0 Å². The van der Waals surface area contributed by atoms with Crippen molar-refractivity contribution in [3.63, 3.8) is 0 Å². The average Bonchev–Trinajstić information content (AvgIpc) is 2.41. The highest BCUT2D eigenvalue weighted by atomic mass is 16.5. The first kappa shape index (κ1) is 8.12. The highest BCUT2D eigenvalue weighted by molar-refractivity contribution is 5.93. The molecule has 5 heteroatoms. The van der Waals surface area contributed by atoms with Crippen LogP contribution in [0.1, 0.15) is 6.42 Å². The lowest BCUT2D eigenvalue weighted by Crippen LogP contribution is -2.56. The topological polar surface area (TPSA) is 87.0 Å². The number of carbonyl (C=O) groups excluding carboxylic acids is 1. The molecule has 0 aromatic carbocycles. The molecule has 2 fully saturated rings. The molecule has 1 heterocycles. The molecule has 0 aromatic rings. The Kier molecular flexibility index (Phi) is 1.53. The maximum Gasteiger partial charge on any atom is 0.197 e. The summed E-state index contributed by atoms with van der Waals surface area (Å²) in [6.45, 7) is -0.120. The molecule has 0 radical (unpaired) electrons. The fourth-order valence-electron chi connectivity index (χ4n) is 1.72. The molecule has 4 atom stereocenters. The van der Waals surface area contributed by atoms with Crippen LogP contribution < -0.4 is 0 Å². The molecule has 0 aromatic heterocycles. The number of hydrogen-bond acceptors (Lipinski definition) is 5. The van der Waals surface area contributed by atoms with Gasteiger partial charge in [-0.25, -0.2) is 0 Å². The summed E-state index contributed by atoms with van der Waals surface area (Å²) in [6.07, 6.45) is -3.22. The Balaban J connectivity index is 2.32. The van der Waals surface area contributed by atoms with Gasteiger partial charge in [-0.05, 0) is 0 Å². The fourth-order valence-corrected chi connectivity index (χ4v) is 1.72. The minimum absolute atomic E-state index is 0.0874. The predicted octanol–water partition coefficient (Wildman–Crippen LogP) is -2.19. The van der Waals surface area contributed by atoms with E-state index in [0.717, 1.165) is 0 Å². The highest BCUT2D eigenvalue weighted by Gasteiger charge is 2.56. The van der Waals surface area contributed by atoms with Crippen molar-refractivity contribution in [3.05, 3.63) is 0 Å². The summed E-state index contributed by atoms with van der Waals surface area (Å²) >= 11 is 0. The maximum atomic E-state index is 11.2. The molecular formula is C7H10O5. The van der Waals surface area contributed by atoms with E-state index in [1.54, 1.807) is 0 Å². The second-order valence-corrected chi connectivity index (χ2v) is 3.38. The number of aliphatic hydroxyl groups excluding tert-OH is 2. The second-order valence-electron chi connectivity index (χ2n) is 3.38. The van der Waals surface area contributed by atoms with Crippen molar-refractivity contribution in [2.45, 2.75) is 30.3 Å². The van der Waals surface area contributed by atoms with Crippen LogP contribution in [0.2, 0.25) is 0 Å². The Labute approximate surface area is 68.6 Å². The molecular weight excluding hydrogens is 164 g/mol. The molecule has 1 aliphatic heterocycles. The molecule has 4 unspecified atom stereocenters. The Bertz CT molecular complexity index is 228. The number of hydrogen-bond donors (Lipinski definition) is 3. The van der Waals surface area contributed by atoms with Crippen molar-refractivity contribution >= 4 is 5.78 Å². The van der Waals surface area contributed by atoms with E-state index in [0.29, 0.717) is 0 Å². The zero-order valence-electron chi connectivity index (χ0n) is 6.30. The average molecular weight is 174 g/mol. The first-order valence-corrected chi connectivity index (χ1v) is 3.79. The largest absolute Gasteiger partial charge is 0.387 e. The summed E-state index contributed by atoms with van der Waals surface area (Å²) in [7, 11) is 0. The molecule has 1 saturated heterocycles.